The molecule has 0 radical (unpaired) electrons. The highest BCUT2D eigenvalue weighted by Gasteiger charge is 2.08. The van der Waals surface area contributed by atoms with Crippen LogP contribution >= 0.6 is 15.9 Å². The first kappa shape index (κ1) is 23.0. The molecule has 0 aromatic heterocycles. The van der Waals surface area contributed by atoms with Crippen molar-refractivity contribution in [2.24, 2.45) is 5.10 Å². The Morgan fingerprint density at radius 1 is 1.03 bits per heavy atom. The van der Waals surface area contributed by atoms with Crippen LogP contribution < -0.4 is 14.9 Å². The first-order valence-corrected chi connectivity index (χ1v) is 10.5. The molecule has 0 aliphatic carbocycles. The van der Waals surface area contributed by atoms with Gasteiger partial charge in [0.05, 0.1) is 6.21 Å². The largest absolute Gasteiger partial charge is 0.484 e. The zero-order chi connectivity index (χ0) is 22.8. The summed E-state index contributed by atoms with van der Waals surface area (Å²) in [5.41, 5.74) is 4.90. The third kappa shape index (κ3) is 7.52. The molecule has 0 fully saturated rings. The Balaban J connectivity index is 1.57. The quantitative estimate of drug-likeness (QED) is 0.159. The molecule has 0 heterocycles. The van der Waals surface area contributed by atoms with Gasteiger partial charge in [-0.15, -0.1) is 0 Å². The van der Waals surface area contributed by atoms with Crippen molar-refractivity contribution in [1.82, 2.24) is 5.43 Å². The second kappa shape index (κ2) is 11.6. The lowest BCUT2D eigenvalue weighted by molar-refractivity contribution is -0.129. The van der Waals surface area contributed by atoms with Crippen molar-refractivity contribution in [1.29, 1.82) is 0 Å². The summed E-state index contributed by atoms with van der Waals surface area (Å²) in [5.74, 6) is -0.0354. The monoisotopic (exact) mass is 492 g/mol. The summed E-state index contributed by atoms with van der Waals surface area (Å²) < 4.78 is 11.6. The molecule has 32 heavy (non-hydrogen) atoms. The number of amides is 1. The average molecular weight is 493 g/mol. The van der Waals surface area contributed by atoms with Crippen LogP contribution in [0.15, 0.2) is 88.4 Å². The molecule has 0 unspecified atom stereocenters. The van der Waals surface area contributed by atoms with E-state index in [2.05, 4.69) is 26.5 Å². The minimum absolute atomic E-state index is 0.176. The fourth-order valence-electron chi connectivity index (χ4n) is 2.57. The van der Waals surface area contributed by atoms with Gasteiger partial charge in [0, 0.05) is 16.1 Å². The second-order valence-electron chi connectivity index (χ2n) is 6.74. The average Bonchev–Trinajstić information content (AvgIpc) is 2.80. The van der Waals surface area contributed by atoms with E-state index >= 15 is 0 Å². The Morgan fingerprint density at radius 2 is 1.78 bits per heavy atom. The minimum Gasteiger partial charge on any atom is -0.484 e. The van der Waals surface area contributed by atoms with Crippen molar-refractivity contribution in [2.75, 3.05) is 6.61 Å². The number of carbonyl (C=O) groups excluding carboxylic acids is 2. The van der Waals surface area contributed by atoms with Crippen molar-refractivity contribution in [3.63, 3.8) is 0 Å². The first-order chi connectivity index (χ1) is 15.5. The summed E-state index contributed by atoms with van der Waals surface area (Å²) in [5, 5.41) is 3.94. The molecule has 3 rings (SSSR count). The van der Waals surface area contributed by atoms with Gasteiger partial charge in [-0.1, -0.05) is 64.0 Å². The molecule has 0 saturated heterocycles. The predicted molar refractivity (Wildman–Crippen MR) is 128 cm³/mol. The molecule has 1 amide bonds. The van der Waals surface area contributed by atoms with E-state index in [1.54, 1.807) is 36.4 Å². The van der Waals surface area contributed by atoms with Gasteiger partial charge in [-0.2, -0.15) is 5.10 Å². The fourth-order valence-corrected chi connectivity index (χ4v) is 2.95. The maximum absolute atomic E-state index is 12.2. The number of carbonyl (C=O) groups is 2. The number of halogens is 1. The molecular weight excluding hydrogens is 472 g/mol. The van der Waals surface area contributed by atoms with Gasteiger partial charge in [-0.3, -0.25) is 4.79 Å². The van der Waals surface area contributed by atoms with Crippen LogP contribution in [0.3, 0.4) is 0 Å². The van der Waals surface area contributed by atoms with E-state index in [0.29, 0.717) is 17.1 Å². The molecule has 3 aromatic rings. The minimum atomic E-state index is -0.527. The van der Waals surface area contributed by atoms with E-state index in [4.69, 9.17) is 9.47 Å². The van der Waals surface area contributed by atoms with Gasteiger partial charge in [0.15, 0.2) is 6.61 Å². The number of ether oxygens (including phenoxy) is 2. The molecule has 0 spiro atoms. The highest BCUT2D eigenvalue weighted by molar-refractivity contribution is 9.10. The molecule has 3 aromatic carbocycles. The third-order valence-corrected chi connectivity index (χ3v) is 4.67. The number of hydrogen-bond donors (Lipinski definition) is 1. The van der Waals surface area contributed by atoms with Crippen LogP contribution in [-0.4, -0.2) is 24.7 Å². The summed E-state index contributed by atoms with van der Waals surface area (Å²) >= 11 is 3.38. The predicted octanol–water partition coefficient (Wildman–Crippen LogP) is 4.91. The summed E-state index contributed by atoms with van der Waals surface area (Å²) in [6.45, 7) is 1.79. The lowest BCUT2D eigenvalue weighted by Crippen LogP contribution is -2.24. The molecule has 162 valence electrons. The summed E-state index contributed by atoms with van der Waals surface area (Å²) in [6.07, 6.45) is 4.42. The van der Waals surface area contributed by atoms with Crippen molar-refractivity contribution >= 4 is 40.1 Å². The number of esters is 1. The van der Waals surface area contributed by atoms with Gasteiger partial charge in [0.1, 0.15) is 11.5 Å². The topological polar surface area (TPSA) is 77.0 Å². The van der Waals surface area contributed by atoms with Crippen LogP contribution in [0.1, 0.15) is 16.7 Å². The standard InChI is InChI=1S/C25H21BrN2O4/c1-18-7-11-22(12-8-18)31-17-24(29)28-27-16-20-15-21(26)10-13-23(20)32-25(30)14-9-19-5-3-2-4-6-19/h2-16H,17H2,1H3,(H,28,29)/b14-9+,27-16+. The molecule has 0 aliphatic heterocycles. The van der Waals surface area contributed by atoms with Gasteiger partial charge in [0.2, 0.25) is 0 Å². The lowest BCUT2D eigenvalue weighted by atomic mass is 10.2. The molecule has 0 atom stereocenters. The SMILES string of the molecule is Cc1ccc(OCC(=O)N/N=C/c2cc(Br)ccc2OC(=O)/C=C/c2ccccc2)cc1. The molecular formula is C25H21BrN2O4. The lowest BCUT2D eigenvalue weighted by Gasteiger charge is -2.07. The first-order valence-electron chi connectivity index (χ1n) is 9.75. The molecule has 0 bridgehead atoms. The number of hydrazone groups is 1. The molecule has 7 heteroatoms. The van der Waals surface area contributed by atoms with Gasteiger partial charge < -0.3 is 9.47 Å². The fraction of sp³-hybridized carbons (Fsp3) is 0.0800. The molecule has 1 N–H and O–H groups in total. The second-order valence-corrected chi connectivity index (χ2v) is 7.66. The molecule has 0 aliphatic rings. The molecule has 6 nitrogen and oxygen atoms in total. The van der Waals surface area contributed by atoms with E-state index in [0.717, 1.165) is 15.6 Å². The highest BCUT2D eigenvalue weighted by Crippen LogP contribution is 2.22. The van der Waals surface area contributed by atoms with Crippen LogP contribution in [-0.2, 0) is 9.59 Å². The third-order valence-electron chi connectivity index (χ3n) is 4.18. The van der Waals surface area contributed by atoms with Crippen LogP contribution in [0.5, 0.6) is 11.5 Å². The van der Waals surface area contributed by atoms with Crippen molar-refractivity contribution < 1.29 is 19.1 Å². The number of benzene rings is 3. The normalized spacial score (nSPS) is 10.9. The Bertz CT molecular complexity index is 1130. The summed E-state index contributed by atoms with van der Waals surface area (Å²) in [7, 11) is 0. The van der Waals surface area contributed by atoms with E-state index in [-0.39, 0.29) is 6.61 Å². The number of aryl methyl sites for hydroxylation is 1. The summed E-state index contributed by atoms with van der Waals surface area (Å²) in [6, 6.07) is 21.9. The zero-order valence-corrected chi connectivity index (χ0v) is 18.9. The van der Waals surface area contributed by atoms with Crippen molar-refractivity contribution in [2.45, 2.75) is 6.92 Å². The van der Waals surface area contributed by atoms with E-state index in [1.807, 2.05) is 49.4 Å². The Hall–Kier alpha value is -3.71. The smallest absolute Gasteiger partial charge is 0.336 e. The van der Waals surface area contributed by atoms with Gasteiger partial charge in [-0.05, 0) is 48.9 Å². The number of nitrogens with one attached hydrogen (secondary N) is 1. The van der Waals surface area contributed by atoms with Crippen LogP contribution in [0, 0.1) is 6.92 Å². The van der Waals surface area contributed by atoms with Crippen molar-refractivity contribution in [3.05, 3.63) is 100 Å². The van der Waals surface area contributed by atoms with Crippen molar-refractivity contribution in [3.8, 4) is 11.5 Å². The van der Waals surface area contributed by atoms with E-state index < -0.39 is 11.9 Å². The Labute approximate surface area is 194 Å². The Kier molecular flexibility index (Phi) is 8.34. The highest BCUT2D eigenvalue weighted by atomic mass is 79.9. The Morgan fingerprint density at radius 3 is 2.53 bits per heavy atom. The zero-order valence-electron chi connectivity index (χ0n) is 17.3. The number of rotatable bonds is 8. The van der Waals surface area contributed by atoms with Gasteiger partial charge in [0.25, 0.3) is 5.91 Å². The van der Waals surface area contributed by atoms with E-state index in [9.17, 15) is 9.59 Å². The van der Waals surface area contributed by atoms with Crippen LogP contribution in [0.25, 0.3) is 6.08 Å². The van der Waals surface area contributed by atoms with Gasteiger partial charge in [-0.25, -0.2) is 10.2 Å². The van der Waals surface area contributed by atoms with Crippen LogP contribution in [0.2, 0.25) is 0 Å². The maximum atomic E-state index is 12.2. The summed E-state index contributed by atoms with van der Waals surface area (Å²) in [4.78, 5) is 24.2. The van der Waals surface area contributed by atoms with Gasteiger partial charge >= 0.3 is 5.97 Å². The molecule has 0 saturated carbocycles. The van der Waals surface area contributed by atoms with E-state index in [1.165, 1.54) is 12.3 Å². The number of hydrogen-bond acceptors (Lipinski definition) is 5. The number of nitrogens with zero attached hydrogens (tertiary/aromatic N) is 1. The van der Waals surface area contributed by atoms with Crippen LogP contribution in [0.4, 0.5) is 0 Å². The maximum Gasteiger partial charge on any atom is 0.336 e.